The number of ether oxygens (including phenoxy) is 2. The summed E-state index contributed by atoms with van der Waals surface area (Å²) in [6.45, 7) is 3.30. The molecule has 3 nitrogen and oxygen atoms in total. The van der Waals surface area contributed by atoms with Gasteiger partial charge in [0.25, 0.3) is 0 Å². The van der Waals surface area contributed by atoms with E-state index in [1.165, 1.54) is 22.6 Å². The van der Waals surface area contributed by atoms with E-state index >= 15 is 0 Å². The molecule has 0 unspecified atom stereocenters. The van der Waals surface area contributed by atoms with Crippen LogP contribution in [-0.4, -0.2) is 26.4 Å². The molecule has 0 saturated heterocycles. The van der Waals surface area contributed by atoms with Crippen molar-refractivity contribution >= 4 is 11.3 Å². The van der Waals surface area contributed by atoms with E-state index in [0.717, 1.165) is 38.8 Å². The van der Waals surface area contributed by atoms with Crippen molar-refractivity contribution in [3.8, 4) is 0 Å². The molecule has 1 saturated carbocycles. The van der Waals surface area contributed by atoms with Gasteiger partial charge in [0.2, 0.25) is 0 Å². The van der Waals surface area contributed by atoms with E-state index in [4.69, 9.17) is 9.47 Å². The molecule has 0 atom stereocenters. The maximum absolute atomic E-state index is 5.58. The summed E-state index contributed by atoms with van der Waals surface area (Å²) in [4.78, 5) is 2.72. The van der Waals surface area contributed by atoms with Gasteiger partial charge in [-0.25, -0.2) is 0 Å². The van der Waals surface area contributed by atoms with Crippen molar-refractivity contribution in [3.05, 3.63) is 21.9 Å². The maximum Gasteiger partial charge on any atom is 0.0809 e. The highest BCUT2D eigenvalue weighted by molar-refractivity contribution is 7.11. The molecule has 1 heterocycles. The van der Waals surface area contributed by atoms with Crippen molar-refractivity contribution < 1.29 is 9.47 Å². The zero-order chi connectivity index (χ0) is 11.9. The topological polar surface area (TPSA) is 30.5 Å². The zero-order valence-corrected chi connectivity index (χ0v) is 11.2. The summed E-state index contributed by atoms with van der Waals surface area (Å²) in [5, 5.41) is 3.52. The Hall–Kier alpha value is -0.420. The molecule has 1 aromatic rings. The third-order valence-electron chi connectivity index (χ3n) is 2.74. The summed E-state index contributed by atoms with van der Waals surface area (Å²) in [6, 6.07) is 5.16. The Morgan fingerprint density at radius 2 is 2.12 bits per heavy atom. The highest BCUT2D eigenvalue weighted by Gasteiger charge is 2.20. The predicted molar refractivity (Wildman–Crippen MR) is 70.3 cm³/mol. The van der Waals surface area contributed by atoms with Crippen LogP contribution in [0.2, 0.25) is 0 Å². The molecule has 4 heteroatoms. The summed E-state index contributed by atoms with van der Waals surface area (Å²) in [7, 11) is 1.72. The molecule has 0 aromatic carbocycles. The minimum Gasteiger partial charge on any atom is -0.385 e. The molecule has 1 aliphatic rings. The lowest BCUT2D eigenvalue weighted by atomic mass is 10.4. The molecule has 0 radical (unpaired) electrons. The number of hydrogen-bond acceptors (Lipinski definition) is 4. The lowest BCUT2D eigenvalue weighted by molar-refractivity contribution is 0.0943. The number of methoxy groups -OCH3 is 1. The van der Waals surface area contributed by atoms with Gasteiger partial charge in [-0.1, -0.05) is 0 Å². The van der Waals surface area contributed by atoms with Crippen molar-refractivity contribution in [1.29, 1.82) is 0 Å². The predicted octanol–water partition coefficient (Wildman–Crippen LogP) is 2.55. The third-order valence-corrected chi connectivity index (χ3v) is 3.80. The van der Waals surface area contributed by atoms with Crippen LogP contribution in [0.1, 0.15) is 29.0 Å². The van der Waals surface area contributed by atoms with Gasteiger partial charge >= 0.3 is 0 Å². The van der Waals surface area contributed by atoms with Crippen molar-refractivity contribution in [2.24, 2.45) is 0 Å². The Labute approximate surface area is 107 Å². The molecule has 1 N–H and O–H groups in total. The van der Waals surface area contributed by atoms with Crippen molar-refractivity contribution in [2.75, 3.05) is 20.3 Å². The van der Waals surface area contributed by atoms with E-state index in [1.54, 1.807) is 7.11 Å². The van der Waals surface area contributed by atoms with E-state index in [1.807, 2.05) is 11.3 Å². The standard InChI is InChI=1S/C13H21NO2S/c1-15-7-2-8-16-10-13-6-5-12(17-13)9-14-11-3-4-11/h5-6,11,14H,2-4,7-10H2,1H3. The van der Waals surface area contributed by atoms with Gasteiger partial charge in [-0.15, -0.1) is 11.3 Å². The fourth-order valence-electron chi connectivity index (χ4n) is 1.61. The average molecular weight is 255 g/mol. The average Bonchev–Trinajstić information content (AvgIpc) is 3.06. The number of thiophene rings is 1. The van der Waals surface area contributed by atoms with Crippen LogP contribution < -0.4 is 5.32 Å². The second kappa shape index (κ2) is 7.11. The fraction of sp³-hybridized carbons (Fsp3) is 0.692. The first-order valence-corrected chi connectivity index (χ1v) is 7.08. The molecule has 17 heavy (non-hydrogen) atoms. The summed E-state index contributed by atoms with van der Waals surface area (Å²) >= 11 is 1.85. The maximum atomic E-state index is 5.58. The Morgan fingerprint density at radius 1 is 1.29 bits per heavy atom. The lowest BCUT2D eigenvalue weighted by Gasteiger charge is -2.01. The fourth-order valence-corrected chi connectivity index (χ4v) is 2.51. The highest BCUT2D eigenvalue weighted by atomic mass is 32.1. The molecule has 0 amide bonds. The molecule has 0 aliphatic heterocycles. The summed E-state index contributed by atoms with van der Waals surface area (Å²) in [5.74, 6) is 0. The Kier molecular flexibility index (Phi) is 5.45. The normalized spacial score (nSPS) is 15.4. The van der Waals surface area contributed by atoms with E-state index in [2.05, 4.69) is 17.4 Å². The highest BCUT2D eigenvalue weighted by Crippen LogP contribution is 2.22. The van der Waals surface area contributed by atoms with Gasteiger partial charge in [0, 0.05) is 42.7 Å². The van der Waals surface area contributed by atoms with E-state index in [9.17, 15) is 0 Å². The van der Waals surface area contributed by atoms with E-state index in [-0.39, 0.29) is 0 Å². The molecular formula is C13H21NO2S. The van der Waals surface area contributed by atoms with Crippen LogP contribution in [0.4, 0.5) is 0 Å². The molecule has 96 valence electrons. The van der Waals surface area contributed by atoms with Gasteiger partial charge in [-0.05, 0) is 31.4 Å². The molecular weight excluding hydrogens is 234 g/mol. The third kappa shape index (κ3) is 5.17. The second-order valence-electron chi connectivity index (χ2n) is 4.42. The van der Waals surface area contributed by atoms with Crippen LogP contribution in [0.5, 0.6) is 0 Å². The first kappa shape index (κ1) is 13.0. The Bertz CT molecular complexity index is 323. The van der Waals surface area contributed by atoms with Gasteiger partial charge in [-0.3, -0.25) is 0 Å². The summed E-state index contributed by atoms with van der Waals surface area (Å²) < 4.78 is 10.6. The molecule has 1 fully saturated rings. The van der Waals surface area contributed by atoms with Crippen LogP contribution in [0.15, 0.2) is 12.1 Å². The first-order valence-electron chi connectivity index (χ1n) is 6.26. The van der Waals surface area contributed by atoms with Gasteiger partial charge in [0.05, 0.1) is 6.61 Å². The largest absolute Gasteiger partial charge is 0.385 e. The van der Waals surface area contributed by atoms with Crippen molar-refractivity contribution in [3.63, 3.8) is 0 Å². The number of rotatable bonds is 9. The molecule has 1 aliphatic carbocycles. The molecule has 1 aromatic heterocycles. The van der Waals surface area contributed by atoms with Crippen LogP contribution in [0, 0.1) is 0 Å². The van der Waals surface area contributed by atoms with Crippen LogP contribution >= 0.6 is 11.3 Å². The smallest absolute Gasteiger partial charge is 0.0809 e. The number of hydrogen-bond donors (Lipinski definition) is 1. The van der Waals surface area contributed by atoms with Crippen LogP contribution in [0.25, 0.3) is 0 Å². The first-order chi connectivity index (χ1) is 8.38. The zero-order valence-electron chi connectivity index (χ0n) is 10.4. The van der Waals surface area contributed by atoms with Crippen molar-refractivity contribution in [1.82, 2.24) is 5.32 Å². The SMILES string of the molecule is COCCCOCc1ccc(CNC2CC2)s1. The van der Waals surface area contributed by atoms with Crippen LogP contribution in [-0.2, 0) is 22.6 Å². The monoisotopic (exact) mass is 255 g/mol. The molecule has 0 bridgehead atoms. The summed E-state index contributed by atoms with van der Waals surface area (Å²) in [6.07, 6.45) is 3.67. The Balaban J connectivity index is 1.59. The minimum atomic E-state index is 0.734. The van der Waals surface area contributed by atoms with Gasteiger partial charge in [-0.2, -0.15) is 0 Å². The number of nitrogens with one attached hydrogen (secondary N) is 1. The minimum absolute atomic E-state index is 0.734. The summed E-state index contributed by atoms with van der Waals surface area (Å²) in [5.41, 5.74) is 0. The second-order valence-corrected chi connectivity index (χ2v) is 5.68. The van der Waals surface area contributed by atoms with Gasteiger partial charge < -0.3 is 14.8 Å². The lowest BCUT2D eigenvalue weighted by Crippen LogP contribution is -2.14. The van der Waals surface area contributed by atoms with Crippen LogP contribution in [0.3, 0.4) is 0 Å². The van der Waals surface area contributed by atoms with Gasteiger partial charge in [0.15, 0.2) is 0 Å². The quantitative estimate of drug-likeness (QED) is 0.688. The Morgan fingerprint density at radius 3 is 2.88 bits per heavy atom. The van der Waals surface area contributed by atoms with Crippen molar-refractivity contribution in [2.45, 2.75) is 38.5 Å². The van der Waals surface area contributed by atoms with Gasteiger partial charge in [0.1, 0.15) is 0 Å². The molecule has 0 spiro atoms. The van der Waals surface area contributed by atoms with E-state index < -0.39 is 0 Å². The molecule has 2 rings (SSSR count). The van der Waals surface area contributed by atoms with E-state index in [0.29, 0.717) is 0 Å².